The van der Waals surface area contributed by atoms with Crippen molar-refractivity contribution < 1.29 is 26.4 Å². The molecule has 3 aromatic rings. The number of amides is 2. The molecule has 0 bridgehead atoms. The third kappa shape index (κ3) is 5.53. The molecule has 0 saturated carbocycles. The zero-order valence-corrected chi connectivity index (χ0v) is 23.8. The van der Waals surface area contributed by atoms with E-state index in [-0.39, 0.29) is 28.4 Å². The first-order valence-electron chi connectivity index (χ1n) is 12.4. The summed E-state index contributed by atoms with van der Waals surface area (Å²) in [5, 5.41) is 5.16. The van der Waals surface area contributed by atoms with Crippen LogP contribution in [-0.2, 0) is 36.1 Å². The maximum atomic E-state index is 14.3. The van der Waals surface area contributed by atoms with Crippen molar-refractivity contribution in [1.29, 1.82) is 0 Å². The predicted molar refractivity (Wildman–Crippen MR) is 148 cm³/mol. The quantitative estimate of drug-likeness (QED) is 0.414. The van der Waals surface area contributed by atoms with Gasteiger partial charge >= 0.3 is 0 Å². The fourth-order valence-corrected chi connectivity index (χ4v) is 7.59. The van der Waals surface area contributed by atoms with Crippen LogP contribution in [0, 0.1) is 27.7 Å². The molecule has 0 aromatic heterocycles. The molecule has 1 fully saturated rings. The fourth-order valence-electron chi connectivity index (χ4n) is 4.91. The van der Waals surface area contributed by atoms with Gasteiger partial charge in [-0.2, -0.15) is 4.31 Å². The van der Waals surface area contributed by atoms with Crippen LogP contribution in [0.5, 0.6) is 0 Å². The molecule has 2 N–H and O–H groups in total. The van der Waals surface area contributed by atoms with E-state index in [1.165, 1.54) is 24.3 Å². The Morgan fingerprint density at radius 3 is 1.97 bits per heavy atom. The molecule has 206 valence electrons. The lowest BCUT2D eigenvalue weighted by molar-refractivity contribution is -0.122. The van der Waals surface area contributed by atoms with E-state index in [4.69, 9.17) is 5.14 Å². The number of hydrogen-bond donors (Lipinski definition) is 1. The first-order valence-corrected chi connectivity index (χ1v) is 15.3. The molecule has 1 aliphatic rings. The molecule has 4 rings (SSSR count). The Balaban J connectivity index is 1.77. The van der Waals surface area contributed by atoms with Crippen LogP contribution in [0.3, 0.4) is 0 Å². The number of nitrogens with two attached hydrogens (primary N) is 1. The van der Waals surface area contributed by atoms with Crippen LogP contribution < -0.4 is 10.0 Å². The lowest BCUT2D eigenvalue weighted by atomic mass is 10.0. The number of aryl methyl sites for hydroxylation is 2. The largest absolute Gasteiger partial charge is 0.274 e. The van der Waals surface area contributed by atoms with E-state index in [0.29, 0.717) is 17.5 Å². The number of rotatable bonds is 8. The van der Waals surface area contributed by atoms with Crippen molar-refractivity contribution in [2.45, 2.75) is 56.4 Å². The maximum absolute atomic E-state index is 14.3. The Labute approximate surface area is 229 Å². The molecule has 0 aliphatic carbocycles. The van der Waals surface area contributed by atoms with Gasteiger partial charge in [-0.1, -0.05) is 36.4 Å². The summed E-state index contributed by atoms with van der Waals surface area (Å²) in [5.74, 6) is -1.28. The van der Waals surface area contributed by atoms with E-state index < -0.39 is 37.9 Å². The molecule has 39 heavy (non-hydrogen) atoms. The van der Waals surface area contributed by atoms with Gasteiger partial charge in [0.15, 0.2) is 0 Å². The highest BCUT2D eigenvalue weighted by Gasteiger charge is 2.47. The number of imide groups is 1. The SMILES string of the molecule is Cc1cc(C)c(C)c(S(=O)(=O)N(CCc2ccccc2)C2CC(=O)N(c3ccc(S(N)(=O)=O)cc3)C2=O)c1C. The van der Waals surface area contributed by atoms with E-state index in [2.05, 4.69) is 0 Å². The Hall–Kier alpha value is -3.38. The minimum Gasteiger partial charge on any atom is -0.274 e. The number of carbonyl (C=O) groups excluding carboxylic acids is 2. The van der Waals surface area contributed by atoms with E-state index in [0.717, 1.165) is 25.9 Å². The van der Waals surface area contributed by atoms with E-state index in [1.54, 1.807) is 13.8 Å². The van der Waals surface area contributed by atoms with E-state index in [9.17, 15) is 26.4 Å². The minimum atomic E-state index is -4.21. The first-order chi connectivity index (χ1) is 18.2. The third-order valence-electron chi connectivity index (χ3n) is 7.22. The molecule has 11 heteroatoms. The zero-order valence-electron chi connectivity index (χ0n) is 22.2. The van der Waals surface area contributed by atoms with Crippen LogP contribution in [0.25, 0.3) is 0 Å². The zero-order chi connectivity index (χ0) is 28.7. The standard InChI is InChI=1S/C28H31N3O6S2/c1-18-16-19(2)21(4)27(20(18)3)39(36,37)30(15-14-22-8-6-5-7-9-22)25-17-26(32)31(28(25)33)23-10-12-24(13-11-23)38(29,34)35/h5-13,16,25H,14-15,17H2,1-4H3,(H2,29,34,35). The van der Waals surface area contributed by atoms with Gasteiger partial charge < -0.3 is 0 Å². The van der Waals surface area contributed by atoms with Gasteiger partial charge in [0, 0.05) is 6.54 Å². The number of carbonyl (C=O) groups is 2. The van der Waals surface area contributed by atoms with Crippen molar-refractivity contribution in [3.63, 3.8) is 0 Å². The highest BCUT2D eigenvalue weighted by molar-refractivity contribution is 7.89. The van der Waals surface area contributed by atoms with Gasteiger partial charge in [0.2, 0.25) is 26.0 Å². The van der Waals surface area contributed by atoms with E-state index in [1.807, 2.05) is 50.2 Å². The predicted octanol–water partition coefficient (Wildman–Crippen LogP) is 3.13. The van der Waals surface area contributed by atoms with Crippen molar-refractivity contribution in [3.05, 3.63) is 88.5 Å². The highest BCUT2D eigenvalue weighted by atomic mass is 32.2. The van der Waals surface area contributed by atoms with Gasteiger partial charge in [0.1, 0.15) is 6.04 Å². The van der Waals surface area contributed by atoms with Gasteiger partial charge in [-0.3, -0.25) is 9.59 Å². The smallest absolute Gasteiger partial charge is 0.252 e. The molecule has 0 spiro atoms. The van der Waals surface area contributed by atoms with Crippen LogP contribution in [-0.4, -0.2) is 45.5 Å². The minimum absolute atomic E-state index is 0.0138. The second kappa shape index (κ2) is 10.6. The monoisotopic (exact) mass is 569 g/mol. The molecule has 2 amide bonds. The average Bonchev–Trinajstić information content (AvgIpc) is 3.16. The molecular weight excluding hydrogens is 538 g/mol. The molecular formula is C28H31N3O6S2. The summed E-state index contributed by atoms with van der Waals surface area (Å²) in [4.78, 5) is 27.7. The van der Waals surface area contributed by atoms with Gasteiger partial charge in [-0.25, -0.2) is 26.9 Å². The van der Waals surface area contributed by atoms with E-state index >= 15 is 0 Å². The summed E-state index contributed by atoms with van der Waals surface area (Å²) in [5.41, 5.74) is 3.83. The van der Waals surface area contributed by atoms with Crippen molar-refractivity contribution in [3.8, 4) is 0 Å². The van der Waals surface area contributed by atoms with Gasteiger partial charge in [-0.05, 0) is 86.2 Å². The Kier molecular flexibility index (Phi) is 7.82. The van der Waals surface area contributed by atoms with Crippen LogP contribution >= 0.6 is 0 Å². The van der Waals surface area contributed by atoms with Crippen LogP contribution in [0.15, 0.2) is 70.5 Å². The second-order valence-corrected chi connectivity index (χ2v) is 13.2. The first kappa shape index (κ1) is 28.6. The van der Waals surface area contributed by atoms with Gasteiger partial charge in [0.05, 0.1) is 21.9 Å². The molecule has 9 nitrogen and oxygen atoms in total. The number of nitrogens with zero attached hydrogens (tertiary/aromatic N) is 2. The Morgan fingerprint density at radius 2 is 1.44 bits per heavy atom. The van der Waals surface area contributed by atoms with Crippen molar-refractivity contribution in [2.75, 3.05) is 11.4 Å². The number of hydrogen-bond acceptors (Lipinski definition) is 6. The van der Waals surface area contributed by atoms with Crippen LogP contribution in [0.2, 0.25) is 0 Å². The summed E-state index contributed by atoms with van der Waals surface area (Å²) in [6.07, 6.45) is -0.00330. The summed E-state index contributed by atoms with van der Waals surface area (Å²) in [7, 11) is -8.18. The van der Waals surface area contributed by atoms with Crippen molar-refractivity contribution in [1.82, 2.24) is 4.31 Å². The van der Waals surface area contributed by atoms with Crippen molar-refractivity contribution >= 4 is 37.5 Å². The molecule has 1 atom stereocenters. The molecule has 1 unspecified atom stereocenters. The van der Waals surface area contributed by atoms with Crippen LogP contribution in [0.1, 0.15) is 34.2 Å². The number of benzene rings is 3. The lowest BCUT2D eigenvalue weighted by Crippen LogP contribution is -2.46. The number of anilines is 1. The maximum Gasteiger partial charge on any atom is 0.252 e. The second-order valence-electron chi connectivity index (χ2n) is 9.77. The Bertz CT molecular complexity index is 1630. The fraction of sp³-hybridized carbons (Fsp3) is 0.286. The molecule has 1 saturated heterocycles. The molecule has 0 radical (unpaired) electrons. The summed E-state index contributed by atoms with van der Waals surface area (Å²) in [6, 6.07) is 15.0. The van der Waals surface area contributed by atoms with Crippen LogP contribution in [0.4, 0.5) is 5.69 Å². The summed E-state index contributed by atoms with van der Waals surface area (Å²) < 4.78 is 53.0. The lowest BCUT2D eigenvalue weighted by Gasteiger charge is -2.29. The summed E-state index contributed by atoms with van der Waals surface area (Å²) in [6.45, 7) is 7.15. The topological polar surface area (TPSA) is 135 Å². The highest BCUT2D eigenvalue weighted by Crippen LogP contribution is 2.34. The third-order valence-corrected chi connectivity index (χ3v) is 10.3. The summed E-state index contributed by atoms with van der Waals surface area (Å²) >= 11 is 0. The molecule has 1 heterocycles. The number of primary sulfonamides is 1. The number of sulfonamides is 2. The van der Waals surface area contributed by atoms with Gasteiger partial charge in [-0.15, -0.1) is 0 Å². The molecule has 3 aromatic carbocycles. The normalized spacial score (nSPS) is 16.4. The molecule has 1 aliphatic heterocycles. The average molecular weight is 570 g/mol. The van der Waals surface area contributed by atoms with Gasteiger partial charge in [0.25, 0.3) is 5.91 Å². The Morgan fingerprint density at radius 1 is 0.872 bits per heavy atom. The van der Waals surface area contributed by atoms with Crippen molar-refractivity contribution in [2.24, 2.45) is 5.14 Å².